The Morgan fingerprint density at radius 2 is 1.90 bits per heavy atom. The molecule has 0 spiro atoms. The van der Waals surface area contributed by atoms with Crippen molar-refractivity contribution in [3.8, 4) is 0 Å². The van der Waals surface area contributed by atoms with Gasteiger partial charge >= 0.3 is 0 Å². The Morgan fingerprint density at radius 3 is 2.76 bits per heavy atom. The van der Waals surface area contributed by atoms with Gasteiger partial charge in [-0.15, -0.1) is 0 Å². The molecule has 0 aromatic carbocycles. The number of likely N-dealkylation sites (N-methyl/N-ethyl adjacent to an activating group) is 1. The van der Waals surface area contributed by atoms with Gasteiger partial charge in [-0.25, -0.2) is 9.97 Å². The fourth-order valence-electron chi connectivity index (χ4n) is 4.00. The van der Waals surface area contributed by atoms with E-state index in [0.717, 1.165) is 41.7 Å². The van der Waals surface area contributed by atoms with Crippen molar-refractivity contribution in [2.24, 2.45) is 7.05 Å². The topological polar surface area (TPSA) is 50.1 Å². The molecule has 6 nitrogen and oxygen atoms in total. The van der Waals surface area contributed by atoms with Crippen LogP contribution in [0.25, 0.3) is 11.0 Å². The predicted octanol–water partition coefficient (Wildman–Crippen LogP) is 1.34. The van der Waals surface area contributed by atoms with E-state index in [2.05, 4.69) is 31.9 Å². The van der Waals surface area contributed by atoms with Crippen LogP contribution in [0.2, 0.25) is 0 Å². The van der Waals surface area contributed by atoms with Crippen molar-refractivity contribution in [2.75, 3.05) is 25.0 Å². The van der Waals surface area contributed by atoms with Crippen molar-refractivity contribution >= 4 is 16.9 Å². The Morgan fingerprint density at radius 1 is 1.10 bits per heavy atom. The summed E-state index contributed by atoms with van der Waals surface area (Å²) >= 11 is 0. The van der Waals surface area contributed by atoms with E-state index < -0.39 is 0 Å². The molecule has 2 aromatic heterocycles. The molecule has 0 N–H and O–H groups in total. The molecule has 0 aliphatic carbocycles. The number of anilines is 1. The number of fused-ring (bicyclic) bond motifs is 3. The molecule has 2 saturated heterocycles. The quantitative estimate of drug-likeness (QED) is 0.792. The predicted molar refractivity (Wildman–Crippen MR) is 82.4 cm³/mol. The molecule has 0 radical (unpaired) electrons. The lowest BCUT2D eigenvalue weighted by molar-refractivity contribution is 0.254. The minimum absolute atomic E-state index is 0.652. The van der Waals surface area contributed by atoms with Crippen molar-refractivity contribution in [3.63, 3.8) is 0 Å². The maximum atomic E-state index is 4.60. The Balaban J connectivity index is 1.77. The third kappa shape index (κ3) is 1.92. The van der Waals surface area contributed by atoms with Gasteiger partial charge in [-0.1, -0.05) is 0 Å². The number of hydrogen-bond acceptors (Lipinski definition) is 5. The summed E-state index contributed by atoms with van der Waals surface area (Å²) in [7, 11) is 4.22. The van der Waals surface area contributed by atoms with Gasteiger partial charge in [0.25, 0.3) is 0 Å². The van der Waals surface area contributed by atoms with Crippen LogP contribution >= 0.6 is 0 Å². The Kier molecular flexibility index (Phi) is 2.89. The summed E-state index contributed by atoms with van der Waals surface area (Å²) in [6, 6.07) is 1.40. The van der Waals surface area contributed by atoms with E-state index in [1.54, 1.807) is 6.33 Å². The summed E-state index contributed by atoms with van der Waals surface area (Å²) in [5.74, 6) is 1.06. The largest absolute Gasteiger partial charge is 0.354 e. The van der Waals surface area contributed by atoms with Gasteiger partial charge < -0.3 is 4.90 Å². The standard InChI is InChI=1S/C15H22N6/c1-10-13-14(20(3)18-10)16-9-17-15(13)21-7-6-11-4-5-12(8-21)19(11)2/h9,11-12H,4-8H2,1-3H3/t11-,12+/m1/s1. The maximum absolute atomic E-state index is 4.60. The second-order valence-electron chi connectivity index (χ2n) is 6.39. The van der Waals surface area contributed by atoms with Crippen molar-refractivity contribution in [2.45, 2.75) is 38.3 Å². The molecule has 21 heavy (non-hydrogen) atoms. The third-order valence-corrected chi connectivity index (χ3v) is 5.22. The molecule has 112 valence electrons. The Hall–Kier alpha value is -1.69. The number of hydrogen-bond donors (Lipinski definition) is 0. The summed E-state index contributed by atoms with van der Waals surface area (Å²) in [6.45, 7) is 4.19. The van der Waals surface area contributed by atoms with E-state index in [4.69, 9.17) is 0 Å². The van der Waals surface area contributed by atoms with E-state index in [1.165, 1.54) is 19.3 Å². The molecule has 2 atom stereocenters. The highest BCUT2D eigenvalue weighted by atomic mass is 15.3. The summed E-state index contributed by atoms with van der Waals surface area (Å²) in [5.41, 5.74) is 1.95. The second-order valence-corrected chi connectivity index (χ2v) is 6.39. The fourth-order valence-corrected chi connectivity index (χ4v) is 4.00. The first-order valence-electron chi connectivity index (χ1n) is 7.76. The van der Waals surface area contributed by atoms with Crippen molar-refractivity contribution in [3.05, 3.63) is 12.0 Å². The summed E-state index contributed by atoms with van der Waals surface area (Å²) in [4.78, 5) is 14.0. The lowest BCUT2D eigenvalue weighted by Gasteiger charge is -2.27. The SMILES string of the molecule is Cc1nn(C)c2ncnc(N3CC[C@H]4CC[C@@H](C3)N4C)c12. The van der Waals surface area contributed by atoms with Crippen molar-refractivity contribution < 1.29 is 0 Å². The van der Waals surface area contributed by atoms with Gasteiger partial charge in [-0.2, -0.15) is 5.10 Å². The van der Waals surface area contributed by atoms with Crippen LogP contribution in [-0.4, -0.2) is 56.9 Å². The van der Waals surface area contributed by atoms with Gasteiger partial charge in [-0.05, 0) is 33.2 Å². The average molecular weight is 286 g/mol. The highest BCUT2D eigenvalue weighted by Gasteiger charge is 2.35. The minimum atomic E-state index is 0.652. The Labute approximate surface area is 124 Å². The first-order valence-corrected chi connectivity index (χ1v) is 7.76. The molecule has 4 heterocycles. The zero-order chi connectivity index (χ0) is 14.6. The van der Waals surface area contributed by atoms with E-state index in [0.29, 0.717) is 6.04 Å². The van der Waals surface area contributed by atoms with Crippen LogP contribution in [0, 0.1) is 6.92 Å². The molecule has 2 aliphatic heterocycles. The molecule has 0 amide bonds. The van der Waals surface area contributed by atoms with E-state index in [1.807, 2.05) is 18.7 Å². The second kappa shape index (κ2) is 4.66. The fraction of sp³-hybridized carbons (Fsp3) is 0.667. The van der Waals surface area contributed by atoms with Crippen LogP contribution in [0.1, 0.15) is 25.0 Å². The van der Waals surface area contributed by atoms with Crippen LogP contribution in [-0.2, 0) is 7.05 Å². The third-order valence-electron chi connectivity index (χ3n) is 5.22. The van der Waals surface area contributed by atoms with Crippen LogP contribution in [0.5, 0.6) is 0 Å². The van der Waals surface area contributed by atoms with Gasteiger partial charge in [0.15, 0.2) is 5.65 Å². The molecule has 4 rings (SSSR count). The first-order chi connectivity index (χ1) is 10.1. The van der Waals surface area contributed by atoms with E-state index in [9.17, 15) is 0 Å². The van der Waals surface area contributed by atoms with Gasteiger partial charge in [0.05, 0.1) is 11.1 Å². The van der Waals surface area contributed by atoms with Gasteiger partial charge in [-0.3, -0.25) is 9.58 Å². The minimum Gasteiger partial charge on any atom is -0.354 e. The van der Waals surface area contributed by atoms with E-state index >= 15 is 0 Å². The molecule has 6 heteroatoms. The monoisotopic (exact) mass is 286 g/mol. The summed E-state index contributed by atoms with van der Waals surface area (Å²) < 4.78 is 1.85. The van der Waals surface area contributed by atoms with Gasteiger partial charge in [0.1, 0.15) is 12.1 Å². The number of nitrogens with zero attached hydrogens (tertiary/aromatic N) is 6. The lowest BCUT2D eigenvalue weighted by atomic mass is 10.1. The molecular weight excluding hydrogens is 264 g/mol. The molecule has 0 saturated carbocycles. The zero-order valence-corrected chi connectivity index (χ0v) is 13.0. The maximum Gasteiger partial charge on any atom is 0.163 e. The van der Waals surface area contributed by atoms with Crippen molar-refractivity contribution in [1.82, 2.24) is 24.6 Å². The van der Waals surface area contributed by atoms with Crippen LogP contribution < -0.4 is 4.90 Å². The molecule has 2 aromatic rings. The van der Waals surface area contributed by atoms with Gasteiger partial charge in [0.2, 0.25) is 0 Å². The van der Waals surface area contributed by atoms with Crippen LogP contribution in [0.4, 0.5) is 5.82 Å². The average Bonchev–Trinajstić information content (AvgIpc) is 2.88. The zero-order valence-electron chi connectivity index (χ0n) is 13.0. The summed E-state index contributed by atoms with van der Waals surface area (Å²) in [5, 5.41) is 5.62. The molecule has 2 fully saturated rings. The summed E-state index contributed by atoms with van der Waals surface area (Å²) in [6.07, 6.45) is 5.54. The van der Waals surface area contributed by atoms with Crippen LogP contribution in [0.15, 0.2) is 6.33 Å². The van der Waals surface area contributed by atoms with E-state index in [-0.39, 0.29) is 0 Å². The first kappa shape index (κ1) is 13.0. The number of rotatable bonds is 1. The van der Waals surface area contributed by atoms with Gasteiger partial charge in [0, 0.05) is 32.2 Å². The highest BCUT2D eigenvalue weighted by Crippen LogP contribution is 2.32. The lowest BCUT2D eigenvalue weighted by Crippen LogP contribution is -2.37. The molecule has 2 aliphatic rings. The molecular formula is C15H22N6. The van der Waals surface area contributed by atoms with Crippen LogP contribution in [0.3, 0.4) is 0 Å². The molecule has 0 unspecified atom stereocenters. The highest BCUT2D eigenvalue weighted by molar-refractivity contribution is 5.89. The molecule has 2 bridgehead atoms. The Bertz CT molecular complexity index is 678. The smallest absolute Gasteiger partial charge is 0.163 e. The number of aryl methyl sites for hydroxylation is 2. The number of aromatic nitrogens is 4. The normalized spacial score (nSPS) is 26.5. The van der Waals surface area contributed by atoms with Crippen molar-refractivity contribution in [1.29, 1.82) is 0 Å².